The van der Waals surface area contributed by atoms with Crippen molar-refractivity contribution in [3.8, 4) is 0 Å². The van der Waals surface area contributed by atoms with Crippen molar-refractivity contribution in [2.75, 3.05) is 25.9 Å². The van der Waals surface area contributed by atoms with Gasteiger partial charge in [0, 0.05) is 37.0 Å². The number of nitrogens with one attached hydrogen (secondary N) is 1. The van der Waals surface area contributed by atoms with Crippen LogP contribution in [0, 0.1) is 0 Å². The Morgan fingerprint density at radius 3 is 2.42 bits per heavy atom. The molecule has 0 radical (unpaired) electrons. The molecule has 24 heavy (non-hydrogen) atoms. The molecule has 0 heterocycles. The van der Waals surface area contributed by atoms with E-state index in [9.17, 15) is 9.59 Å². The lowest BCUT2D eigenvalue weighted by Crippen LogP contribution is -2.28. The van der Waals surface area contributed by atoms with Gasteiger partial charge in [-0.3, -0.25) is 9.59 Å². The largest absolute Gasteiger partial charge is 0.399 e. The summed E-state index contributed by atoms with van der Waals surface area (Å²) in [5.74, 6) is -0.270. The number of carbonyl (C=O) groups is 2. The minimum absolute atomic E-state index is 0.0889. The van der Waals surface area contributed by atoms with E-state index in [2.05, 4.69) is 5.32 Å². The molecule has 0 spiro atoms. The van der Waals surface area contributed by atoms with Crippen molar-refractivity contribution in [1.82, 2.24) is 10.2 Å². The predicted molar refractivity (Wildman–Crippen MR) is 96.0 cm³/mol. The second-order valence-electron chi connectivity index (χ2n) is 5.65. The Morgan fingerprint density at radius 1 is 1.08 bits per heavy atom. The van der Waals surface area contributed by atoms with Gasteiger partial charge in [0.05, 0.1) is 0 Å². The second-order valence-corrected chi connectivity index (χ2v) is 5.65. The van der Waals surface area contributed by atoms with Gasteiger partial charge in [0.15, 0.2) is 0 Å². The van der Waals surface area contributed by atoms with Crippen molar-refractivity contribution in [2.24, 2.45) is 0 Å². The molecule has 2 rings (SSSR count). The average Bonchev–Trinajstić information content (AvgIpc) is 2.62. The summed E-state index contributed by atoms with van der Waals surface area (Å²) >= 11 is 0. The lowest BCUT2D eigenvalue weighted by molar-refractivity contribution is 0.0802. The highest BCUT2D eigenvalue weighted by Gasteiger charge is 2.12. The first-order chi connectivity index (χ1) is 11.5. The summed E-state index contributed by atoms with van der Waals surface area (Å²) in [7, 11) is 1.74. The Balaban J connectivity index is 1.94. The zero-order valence-electron chi connectivity index (χ0n) is 14.1. The molecule has 0 aliphatic carbocycles. The fourth-order valence-electron chi connectivity index (χ4n) is 2.26. The smallest absolute Gasteiger partial charge is 0.253 e. The van der Waals surface area contributed by atoms with Gasteiger partial charge in [0.2, 0.25) is 0 Å². The van der Waals surface area contributed by atoms with Crippen LogP contribution in [0.3, 0.4) is 0 Å². The molecule has 3 N–H and O–H groups in total. The van der Waals surface area contributed by atoms with E-state index in [1.54, 1.807) is 36.2 Å². The lowest BCUT2D eigenvalue weighted by atomic mass is 10.1. The van der Waals surface area contributed by atoms with Crippen LogP contribution < -0.4 is 11.1 Å². The molecule has 0 aromatic heterocycles. The van der Waals surface area contributed by atoms with Crippen molar-refractivity contribution in [3.05, 3.63) is 65.2 Å². The van der Waals surface area contributed by atoms with E-state index >= 15 is 0 Å². The van der Waals surface area contributed by atoms with Crippen molar-refractivity contribution in [1.29, 1.82) is 0 Å². The molecule has 0 unspecified atom stereocenters. The van der Waals surface area contributed by atoms with Crippen molar-refractivity contribution in [3.63, 3.8) is 0 Å². The third kappa shape index (κ3) is 4.59. The summed E-state index contributed by atoms with van der Waals surface area (Å²) in [6.45, 7) is 3.05. The highest BCUT2D eigenvalue weighted by Crippen LogP contribution is 2.09. The fraction of sp³-hybridized carbons (Fsp3) is 0.263. The monoisotopic (exact) mass is 325 g/mol. The van der Waals surface area contributed by atoms with Gasteiger partial charge in [0.1, 0.15) is 0 Å². The number of nitrogens with zero attached hydrogens (tertiary/aromatic N) is 1. The molecule has 2 aromatic carbocycles. The molecule has 2 amide bonds. The van der Waals surface area contributed by atoms with Crippen molar-refractivity contribution in [2.45, 2.75) is 13.3 Å². The Kier molecular flexibility index (Phi) is 5.95. The van der Waals surface area contributed by atoms with Gasteiger partial charge in [-0.15, -0.1) is 0 Å². The van der Waals surface area contributed by atoms with E-state index in [0.717, 1.165) is 17.7 Å². The van der Waals surface area contributed by atoms with Gasteiger partial charge in [-0.1, -0.05) is 18.2 Å². The van der Waals surface area contributed by atoms with Gasteiger partial charge in [-0.2, -0.15) is 0 Å². The summed E-state index contributed by atoms with van der Waals surface area (Å²) in [6.07, 6.45) is 0.725. The van der Waals surface area contributed by atoms with Crippen LogP contribution in [0.2, 0.25) is 0 Å². The number of hydrogen-bond acceptors (Lipinski definition) is 3. The van der Waals surface area contributed by atoms with Gasteiger partial charge < -0.3 is 16.0 Å². The number of nitrogen functional groups attached to an aromatic ring is 1. The number of carbonyl (C=O) groups excluding carboxylic acids is 2. The van der Waals surface area contributed by atoms with Crippen LogP contribution in [-0.2, 0) is 6.42 Å². The van der Waals surface area contributed by atoms with E-state index < -0.39 is 0 Å². The molecule has 0 atom stereocenters. The third-order valence-corrected chi connectivity index (χ3v) is 3.87. The number of hydrogen-bond donors (Lipinski definition) is 2. The van der Waals surface area contributed by atoms with Crippen LogP contribution >= 0.6 is 0 Å². The van der Waals surface area contributed by atoms with Crippen LogP contribution in [0.4, 0.5) is 5.69 Å². The summed E-state index contributed by atoms with van der Waals surface area (Å²) < 4.78 is 0. The number of anilines is 1. The molecule has 0 aliphatic rings. The van der Waals surface area contributed by atoms with Gasteiger partial charge in [0.25, 0.3) is 11.8 Å². The zero-order valence-corrected chi connectivity index (χ0v) is 14.1. The normalized spacial score (nSPS) is 10.2. The minimum Gasteiger partial charge on any atom is -0.399 e. The van der Waals surface area contributed by atoms with Gasteiger partial charge in [-0.25, -0.2) is 0 Å². The first-order valence-electron chi connectivity index (χ1n) is 7.99. The second kappa shape index (κ2) is 8.15. The highest BCUT2D eigenvalue weighted by atomic mass is 16.2. The number of amides is 2. The predicted octanol–water partition coefficient (Wildman–Crippen LogP) is 2.33. The van der Waals surface area contributed by atoms with Gasteiger partial charge in [-0.05, 0) is 49.2 Å². The topological polar surface area (TPSA) is 75.4 Å². The lowest BCUT2D eigenvalue weighted by Gasteiger charge is -2.15. The summed E-state index contributed by atoms with van der Waals surface area (Å²) in [6, 6.07) is 14.4. The maximum atomic E-state index is 12.2. The molecule has 0 aliphatic heterocycles. The van der Waals surface area contributed by atoms with Crippen molar-refractivity contribution >= 4 is 17.5 Å². The van der Waals surface area contributed by atoms with E-state index in [1.165, 1.54) is 0 Å². The molecule has 2 aromatic rings. The summed E-state index contributed by atoms with van der Waals surface area (Å²) in [5.41, 5.74) is 8.49. The molecule has 0 bridgehead atoms. The summed E-state index contributed by atoms with van der Waals surface area (Å²) in [5, 5.41) is 2.88. The average molecular weight is 325 g/mol. The Bertz CT molecular complexity index is 711. The highest BCUT2D eigenvalue weighted by molar-refractivity contribution is 5.99. The quantitative estimate of drug-likeness (QED) is 0.801. The van der Waals surface area contributed by atoms with Crippen LogP contribution in [0.5, 0.6) is 0 Å². The molecular weight excluding hydrogens is 302 g/mol. The summed E-state index contributed by atoms with van der Waals surface area (Å²) in [4.78, 5) is 26.0. The maximum absolute atomic E-state index is 12.2. The number of nitrogens with two attached hydrogens (primary N) is 1. The van der Waals surface area contributed by atoms with E-state index in [1.807, 2.05) is 31.2 Å². The molecule has 0 fully saturated rings. The van der Waals surface area contributed by atoms with E-state index in [4.69, 9.17) is 5.73 Å². The molecule has 5 heteroatoms. The Hall–Kier alpha value is -2.82. The van der Waals surface area contributed by atoms with Crippen LogP contribution in [0.1, 0.15) is 33.2 Å². The first-order valence-corrected chi connectivity index (χ1v) is 7.99. The number of rotatable bonds is 6. The third-order valence-electron chi connectivity index (χ3n) is 3.87. The Morgan fingerprint density at radius 2 is 1.75 bits per heavy atom. The molecule has 0 saturated carbocycles. The van der Waals surface area contributed by atoms with Crippen molar-refractivity contribution < 1.29 is 9.59 Å². The molecular formula is C19H23N3O2. The fourth-order valence-corrected chi connectivity index (χ4v) is 2.26. The van der Waals surface area contributed by atoms with Crippen LogP contribution in [0.15, 0.2) is 48.5 Å². The standard InChI is InChI=1S/C19H23N3O2/c1-3-22(2)19(24)16-6-4-5-15(13-16)18(23)21-12-11-14-7-9-17(20)10-8-14/h4-10,13H,3,11-12,20H2,1-2H3,(H,21,23). The molecule has 0 saturated heterocycles. The molecule has 5 nitrogen and oxygen atoms in total. The van der Waals surface area contributed by atoms with Gasteiger partial charge >= 0.3 is 0 Å². The van der Waals surface area contributed by atoms with Crippen LogP contribution in [0.25, 0.3) is 0 Å². The maximum Gasteiger partial charge on any atom is 0.253 e. The zero-order chi connectivity index (χ0) is 17.5. The number of benzene rings is 2. The Labute approximate surface area is 142 Å². The minimum atomic E-state index is -0.181. The SMILES string of the molecule is CCN(C)C(=O)c1cccc(C(=O)NCCc2ccc(N)cc2)c1. The molecule has 126 valence electrons. The first kappa shape index (κ1) is 17.5. The van der Waals surface area contributed by atoms with E-state index in [-0.39, 0.29) is 11.8 Å². The van der Waals surface area contributed by atoms with E-state index in [0.29, 0.717) is 24.2 Å². The van der Waals surface area contributed by atoms with Crippen LogP contribution in [-0.4, -0.2) is 36.9 Å².